The van der Waals surface area contributed by atoms with E-state index in [4.69, 9.17) is 23.7 Å². The Bertz CT molecular complexity index is 626. The Labute approximate surface area is 208 Å². The average molecular weight is 485 g/mol. The summed E-state index contributed by atoms with van der Waals surface area (Å²) in [6.45, 7) is 22.1. The first-order valence-electron chi connectivity index (χ1n) is 14.0. The van der Waals surface area contributed by atoms with Gasteiger partial charge < -0.3 is 28.8 Å². The fourth-order valence-corrected chi connectivity index (χ4v) is 6.40. The van der Waals surface area contributed by atoms with E-state index in [1.54, 1.807) is 0 Å². The van der Waals surface area contributed by atoms with Gasteiger partial charge in [0.2, 0.25) is 0 Å². The van der Waals surface area contributed by atoms with Gasteiger partial charge in [0.15, 0.2) is 18.9 Å². The maximum atomic E-state index is 11.1. The lowest BCUT2D eigenvalue weighted by Crippen LogP contribution is -2.60. The second-order valence-electron chi connectivity index (χ2n) is 11.6. The van der Waals surface area contributed by atoms with E-state index in [1.807, 2.05) is 0 Å². The summed E-state index contributed by atoms with van der Waals surface area (Å²) in [5, 5.41) is 11.1. The van der Waals surface area contributed by atoms with Crippen molar-refractivity contribution in [2.45, 2.75) is 138 Å². The van der Waals surface area contributed by atoms with E-state index in [1.165, 1.54) is 0 Å². The van der Waals surface area contributed by atoms with Crippen LogP contribution in [0, 0.1) is 41.4 Å². The third-order valence-corrected chi connectivity index (χ3v) is 9.78. The lowest BCUT2D eigenvalue weighted by molar-refractivity contribution is -0.364. The van der Waals surface area contributed by atoms with Gasteiger partial charge in [0.25, 0.3) is 0 Å². The molecule has 3 heterocycles. The highest BCUT2D eigenvalue weighted by molar-refractivity contribution is 4.92. The van der Waals surface area contributed by atoms with Gasteiger partial charge in [-0.25, -0.2) is 0 Å². The van der Waals surface area contributed by atoms with Crippen molar-refractivity contribution in [1.82, 2.24) is 0 Å². The second-order valence-corrected chi connectivity index (χ2v) is 11.6. The van der Waals surface area contributed by atoms with Gasteiger partial charge in [-0.1, -0.05) is 69.2 Å². The molecule has 3 aliphatic heterocycles. The number of hydrogen-bond acceptors (Lipinski definition) is 6. The summed E-state index contributed by atoms with van der Waals surface area (Å²) < 4.78 is 32.3. The molecule has 0 aliphatic carbocycles. The molecule has 3 aliphatic rings. The van der Waals surface area contributed by atoms with E-state index in [-0.39, 0.29) is 48.5 Å². The van der Waals surface area contributed by atoms with Gasteiger partial charge in [0, 0.05) is 17.8 Å². The summed E-state index contributed by atoms with van der Waals surface area (Å²) in [5.74, 6) is 2.41. The summed E-state index contributed by atoms with van der Waals surface area (Å²) in [5.41, 5.74) is 0. The fraction of sp³-hybridized carbons (Fsp3) is 1.00. The van der Waals surface area contributed by atoms with Gasteiger partial charge in [-0.3, -0.25) is 0 Å². The molecular weight excluding hydrogens is 432 g/mol. The summed E-state index contributed by atoms with van der Waals surface area (Å²) in [7, 11) is 0. The molecule has 0 bridgehead atoms. The lowest BCUT2D eigenvalue weighted by Gasteiger charge is -2.50. The highest BCUT2D eigenvalue weighted by Crippen LogP contribution is 2.42. The first-order valence-corrected chi connectivity index (χ1v) is 14.0. The molecule has 0 aromatic carbocycles. The molecule has 7 unspecified atom stereocenters. The van der Waals surface area contributed by atoms with Crippen molar-refractivity contribution in [2.24, 2.45) is 41.4 Å². The van der Waals surface area contributed by atoms with Gasteiger partial charge in [0.1, 0.15) is 6.10 Å². The molecule has 6 heteroatoms. The third kappa shape index (κ3) is 5.52. The van der Waals surface area contributed by atoms with Crippen LogP contribution in [0.25, 0.3) is 0 Å². The molecule has 0 amide bonds. The molecule has 3 saturated heterocycles. The predicted octanol–water partition coefficient (Wildman–Crippen LogP) is 5.61. The summed E-state index contributed by atoms with van der Waals surface area (Å²) in [4.78, 5) is 0. The van der Waals surface area contributed by atoms with Crippen molar-refractivity contribution in [3.63, 3.8) is 0 Å². The van der Waals surface area contributed by atoms with E-state index in [0.29, 0.717) is 23.7 Å². The summed E-state index contributed by atoms with van der Waals surface area (Å²) >= 11 is 0. The van der Waals surface area contributed by atoms with E-state index < -0.39 is 18.7 Å². The van der Waals surface area contributed by atoms with Crippen LogP contribution >= 0.6 is 0 Å². The molecule has 0 radical (unpaired) electrons. The molecule has 15 atom stereocenters. The van der Waals surface area contributed by atoms with Crippen LogP contribution in [0.3, 0.4) is 0 Å². The minimum Gasteiger partial charge on any atom is -0.366 e. The SMILES string of the molecule is CCC1O[C@@H](O[C@H]2C(O[C@@H]3OC(CC)[C@@H](C)C(C)[C@@H]3C)[C@H](C)C(CC)O[C@@H]2O)C(C)C(C)[C@@H]1C. The smallest absolute Gasteiger partial charge is 0.184 e. The number of ether oxygens (including phenoxy) is 5. The Kier molecular flexibility index (Phi) is 9.89. The van der Waals surface area contributed by atoms with Crippen LogP contribution in [0.15, 0.2) is 0 Å². The molecule has 6 nitrogen and oxygen atoms in total. The van der Waals surface area contributed by atoms with Crippen LogP contribution < -0.4 is 0 Å². The highest BCUT2D eigenvalue weighted by Gasteiger charge is 2.50. The first-order chi connectivity index (χ1) is 16.0. The normalized spacial score (nSPS) is 52.5. The molecule has 1 N–H and O–H groups in total. The minimum absolute atomic E-state index is 0.0566. The predicted molar refractivity (Wildman–Crippen MR) is 133 cm³/mol. The zero-order valence-corrected chi connectivity index (χ0v) is 23.3. The molecule has 3 rings (SSSR count). The maximum Gasteiger partial charge on any atom is 0.184 e. The first kappa shape index (κ1) is 28.3. The summed E-state index contributed by atoms with van der Waals surface area (Å²) in [6.07, 6.45) is 0.171. The van der Waals surface area contributed by atoms with Crippen molar-refractivity contribution in [3.05, 3.63) is 0 Å². The monoisotopic (exact) mass is 484 g/mol. The van der Waals surface area contributed by atoms with Crippen LogP contribution in [-0.2, 0) is 23.7 Å². The molecule has 0 saturated carbocycles. The average Bonchev–Trinajstić information content (AvgIpc) is 2.83. The van der Waals surface area contributed by atoms with Gasteiger partial charge in [-0.15, -0.1) is 0 Å². The van der Waals surface area contributed by atoms with Crippen LogP contribution in [0.5, 0.6) is 0 Å². The quantitative estimate of drug-likeness (QED) is 0.507. The summed E-state index contributed by atoms with van der Waals surface area (Å²) in [6, 6.07) is 0. The van der Waals surface area contributed by atoms with E-state index in [9.17, 15) is 5.11 Å². The number of aliphatic hydroxyl groups is 1. The second kappa shape index (κ2) is 11.9. The molecule has 0 spiro atoms. The minimum atomic E-state index is -1.06. The van der Waals surface area contributed by atoms with Crippen molar-refractivity contribution in [1.29, 1.82) is 0 Å². The van der Waals surface area contributed by atoms with Gasteiger partial charge in [0.05, 0.1) is 24.4 Å². The van der Waals surface area contributed by atoms with Crippen LogP contribution in [0.2, 0.25) is 0 Å². The molecule has 34 heavy (non-hydrogen) atoms. The van der Waals surface area contributed by atoms with Crippen LogP contribution in [0.4, 0.5) is 0 Å². The van der Waals surface area contributed by atoms with Gasteiger partial charge >= 0.3 is 0 Å². The van der Waals surface area contributed by atoms with E-state index in [0.717, 1.165) is 19.3 Å². The molecular formula is C28H52O6. The topological polar surface area (TPSA) is 66.4 Å². The number of aliphatic hydroxyl groups excluding tert-OH is 1. The Hall–Kier alpha value is -0.240. The standard InChI is InChI=1S/C28H52O6/c1-11-21-16(6)14(4)18(8)27(31-21)33-24-20(10)23(13-3)30-26(29)25(24)34-28-19(9)15(5)17(7)22(12-2)32-28/h14-29H,11-13H2,1-10H3/t14?,15?,16-,17-,18-,19?,20+,21?,22?,23?,24?,25-,26-,27-,28-/m0/s1. The molecule has 200 valence electrons. The Morgan fingerprint density at radius 1 is 0.500 bits per heavy atom. The van der Waals surface area contributed by atoms with Crippen LogP contribution in [0.1, 0.15) is 88.5 Å². The third-order valence-electron chi connectivity index (χ3n) is 9.78. The maximum absolute atomic E-state index is 11.1. The van der Waals surface area contributed by atoms with E-state index >= 15 is 0 Å². The lowest BCUT2D eigenvalue weighted by atomic mass is 9.78. The van der Waals surface area contributed by atoms with Crippen molar-refractivity contribution in [3.8, 4) is 0 Å². The Balaban J connectivity index is 1.83. The largest absolute Gasteiger partial charge is 0.366 e. The van der Waals surface area contributed by atoms with Crippen molar-refractivity contribution < 1.29 is 28.8 Å². The Morgan fingerprint density at radius 2 is 0.882 bits per heavy atom. The number of rotatable bonds is 7. The molecule has 3 fully saturated rings. The van der Waals surface area contributed by atoms with Gasteiger partial charge in [-0.2, -0.15) is 0 Å². The van der Waals surface area contributed by atoms with Crippen molar-refractivity contribution >= 4 is 0 Å². The molecule has 0 aromatic rings. The zero-order valence-electron chi connectivity index (χ0n) is 23.3. The van der Waals surface area contributed by atoms with Gasteiger partial charge in [-0.05, 0) is 42.9 Å². The van der Waals surface area contributed by atoms with Crippen molar-refractivity contribution in [2.75, 3.05) is 0 Å². The fourth-order valence-electron chi connectivity index (χ4n) is 6.40. The number of hydrogen-bond donors (Lipinski definition) is 1. The van der Waals surface area contributed by atoms with E-state index in [2.05, 4.69) is 69.2 Å². The highest BCUT2D eigenvalue weighted by atomic mass is 16.7. The zero-order chi connectivity index (χ0) is 25.3. The van der Waals surface area contributed by atoms with Crippen LogP contribution in [-0.4, -0.2) is 54.5 Å². The molecule has 0 aromatic heterocycles. The Morgan fingerprint density at radius 3 is 1.29 bits per heavy atom.